The lowest BCUT2D eigenvalue weighted by Crippen LogP contribution is -2.12. The Morgan fingerprint density at radius 1 is 1.10 bits per heavy atom. The molecule has 1 aromatic carbocycles. The molecule has 0 aliphatic carbocycles. The molecule has 1 amide bonds. The molecule has 108 valence electrons. The number of amides is 1. The van der Waals surface area contributed by atoms with Crippen molar-refractivity contribution in [1.82, 2.24) is 0 Å². The van der Waals surface area contributed by atoms with Gasteiger partial charge in [0.15, 0.2) is 0 Å². The fourth-order valence-corrected chi connectivity index (χ4v) is 2.14. The molecular formula is C17H24N2O. The van der Waals surface area contributed by atoms with E-state index in [2.05, 4.69) is 18.3 Å². The molecule has 0 saturated heterocycles. The van der Waals surface area contributed by atoms with Crippen LogP contribution in [0, 0.1) is 11.3 Å². The highest BCUT2D eigenvalue weighted by molar-refractivity contribution is 5.92. The summed E-state index contributed by atoms with van der Waals surface area (Å²) in [5, 5.41) is 11.8. The highest BCUT2D eigenvalue weighted by Gasteiger charge is 2.05. The number of nitriles is 1. The molecule has 20 heavy (non-hydrogen) atoms. The van der Waals surface area contributed by atoms with Crippen molar-refractivity contribution in [2.45, 2.75) is 58.3 Å². The fraction of sp³-hybridized carbons (Fsp3) is 0.529. The Bertz CT molecular complexity index is 449. The summed E-state index contributed by atoms with van der Waals surface area (Å²) in [6.45, 7) is 2.21. The summed E-state index contributed by atoms with van der Waals surface area (Å²) in [6, 6.07) is 9.18. The van der Waals surface area contributed by atoms with Crippen molar-refractivity contribution < 1.29 is 4.79 Å². The van der Waals surface area contributed by atoms with Crippen molar-refractivity contribution in [1.29, 1.82) is 5.26 Å². The lowest BCUT2D eigenvalue weighted by atomic mass is 10.1. The summed E-state index contributed by atoms with van der Waals surface area (Å²) in [4.78, 5) is 11.8. The minimum Gasteiger partial charge on any atom is -0.325 e. The van der Waals surface area contributed by atoms with E-state index in [-0.39, 0.29) is 5.91 Å². The van der Waals surface area contributed by atoms with Gasteiger partial charge in [0.25, 0.3) is 0 Å². The number of para-hydroxylation sites is 1. The maximum atomic E-state index is 11.8. The maximum Gasteiger partial charge on any atom is 0.224 e. The summed E-state index contributed by atoms with van der Waals surface area (Å²) in [5.41, 5.74) is 1.13. The second-order valence-electron chi connectivity index (χ2n) is 5.08. The Hall–Kier alpha value is -1.82. The van der Waals surface area contributed by atoms with Gasteiger partial charge in [-0.1, -0.05) is 57.6 Å². The first kappa shape index (κ1) is 16.2. The van der Waals surface area contributed by atoms with E-state index in [1.807, 2.05) is 6.07 Å². The number of benzene rings is 1. The predicted molar refractivity (Wildman–Crippen MR) is 82.4 cm³/mol. The quantitative estimate of drug-likeness (QED) is 0.666. The molecule has 1 N–H and O–H groups in total. The number of carbonyl (C=O) groups excluding carboxylic acids is 1. The molecule has 0 saturated carbocycles. The molecule has 0 aromatic heterocycles. The van der Waals surface area contributed by atoms with Gasteiger partial charge >= 0.3 is 0 Å². The van der Waals surface area contributed by atoms with Crippen LogP contribution in [0.5, 0.6) is 0 Å². The van der Waals surface area contributed by atoms with Crippen molar-refractivity contribution in [3.63, 3.8) is 0 Å². The number of nitrogens with one attached hydrogen (secondary N) is 1. The third-order valence-corrected chi connectivity index (χ3v) is 3.33. The SMILES string of the molecule is CCCCCCCCCC(=O)Nc1ccccc1C#N. The molecule has 0 spiro atoms. The van der Waals surface area contributed by atoms with Crippen LogP contribution in [0.4, 0.5) is 5.69 Å². The van der Waals surface area contributed by atoms with Crippen LogP contribution in [0.2, 0.25) is 0 Å². The van der Waals surface area contributed by atoms with E-state index in [1.165, 1.54) is 32.1 Å². The van der Waals surface area contributed by atoms with Gasteiger partial charge in [0.2, 0.25) is 5.91 Å². The van der Waals surface area contributed by atoms with Crippen LogP contribution < -0.4 is 5.32 Å². The molecule has 0 radical (unpaired) electrons. The first-order valence-electron chi connectivity index (χ1n) is 7.57. The normalized spacial score (nSPS) is 10.0. The largest absolute Gasteiger partial charge is 0.325 e. The minimum absolute atomic E-state index is 0.00116. The zero-order valence-electron chi connectivity index (χ0n) is 12.3. The molecule has 3 heteroatoms. The summed E-state index contributed by atoms with van der Waals surface area (Å²) >= 11 is 0. The molecule has 0 unspecified atom stereocenters. The third-order valence-electron chi connectivity index (χ3n) is 3.33. The molecule has 0 fully saturated rings. The molecule has 0 atom stereocenters. The minimum atomic E-state index is 0.00116. The number of nitrogens with zero attached hydrogens (tertiary/aromatic N) is 1. The summed E-state index contributed by atoms with van der Waals surface area (Å²) in [7, 11) is 0. The van der Waals surface area contributed by atoms with Crippen molar-refractivity contribution in [2.75, 3.05) is 5.32 Å². The molecule has 0 heterocycles. The number of hydrogen-bond donors (Lipinski definition) is 1. The average molecular weight is 272 g/mol. The van der Waals surface area contributed by atoms with Crippen molar-refractivity contribution in [3.8, 4) is 6.07 Å². The number of unbranched alkanes of at least 4 members (excludes halogenated alkanes) is 6. The van der Waals surface area contributed by atoms with Crippen LogP contribution in [-0.2, 0) is 4.79 Å². The van der Waals surface area contributed by atoms with Crippen LogP contribution in [0.15, 0.2) is 24.3 Å². The van der Waals surface area contributed by atoms with Crippen LogP contribution in [0.1, 0.15) is 63.9 Å². The van der Waals surface area contributed by atoms with E-state index in [0.29, 0.717) is 17.7 Å². The Morgan fingerprint density at radius 2 is 1.75 bits per heavy atom. The lowest BCUT2D eigenvalue weighted by molar-refractivity contribution is -0.116. The van der Waals surface area contributed by atoms with Crippen LogP contribution in [-0.4, -0.2) is 5.91 Å². The summed E-state index contributed by atoms with van der Waals surface area (Å²) in [6.07, 6.45) is 8.93. The van der Waals surface area contributed by atoms with E-state index in [4.69, 9.17) is 5.26 Å². The topological polar surface area (TPSA) is 52.9 Å². The smallest absolute Gasteiger partial charge is 0.224 e. The van der Waals surface area contributed by atoms with E-state index in [0.717, 1.165) is 12.8 Å². The van der Waals surface area contributed by atoms with Crippen molar-refractivity contribution in [2.24, 2.45) is 0 Å². The van der Waals surface area contributed by atoms with Gasteiger partial charge in [0, 0.05) is 6.42 Å². The first-order chi connectivity index (χ1) is 9.77. The number of hydrogen-bond acceptors (Lipinski definition) is 2. The van der Waals surface area contributed by atoms with Crippen LogP contribution in [0.3, 0.4) is 0 Å². The summed E-state index contributed by atoms with van der Waals surface area (Å²) in [5.74, 6) is 0.00116. The third kappa shape index (κ3) is 6.38. The van der Waals surface area contributed by atoms with Gasteiger partial charge in [-0.05, 0) is 18.6 Å². The lowest BCUT2D eigenvalue weighted by Gasteiger charge is -2.06. The van der Waals surface area contributed by atoms with E-state index >= 15 is 0 Å². The zero-order valence-corrected chi connectivity index (χ0v) is 12.3. The molecule has 1 rings (SSSR count). The summed E-state index contributed by atoms with van der Waals surface area (Å²) < 4.78 is 0. The van der Waals surface area contributed by atoms with E-state index in [1.54, 1.807) is 18.2 Å². The molecule has 3 nitrogen and oxygen atoms in total. The maximum absolute atomic E-state index is 11.8. The zero-order chi connectivity index (χ0) is 14.6. The number of carbonyl (C=O) groups is 1. The molecule has 0 bridgehead atoms. The van der Waals surface area contributed by atoms with Gasteiger partial charge in [-0.25, -0.2) is 0 Å². The Labute approximate surface area is 122 Å². The van der Waals surface area contributed by atoms with Crippen LogP contribution in [0.25, 0.3) is 0 Å². The second kappa shape index (κ2) is 10.0. The Balaban J connectivity index is 2.19. The molecule has 0 aliphatic heterocycles. The van der Waals surface area contributed by atoms with Gasteiger partial charge in [0.05, 0.1) is 11.3 Å². The molecule has 0 aliphatic rings. The first-order valence-corrected chi connectivity index (χ1v) is 7.57. The predicted octanol–water partition coefficient (Wildman–Crippen LogP) is 4.64. The molecule has 1 aromatic rings. The fourth-order valence-electron chi connectivity index (χ4n) is 2.14. The van der Waals surface area contributed by atoms with Gasteiger partial charge in [-0.2, -0.15) is 5.26 Å². The standard InChI is InChI=1S/C17H24N2O/c1-2-3-4-5-6-7-8-13-17(20)19-16-12-10-9-11-15(16)14-18/h9-12H,2-8,13H2,1H3,(H,19,20). The highest BCUT2D eigenvalue weighted by Crippen LogP contribution is 2.14. The monoisotopic (exact) mass is 272 g/mol. The number of anilines is 1. The van der Waals surface area contributed by atoms with Gasteiger partial charge < -0.3 is 5.32 Å². The highest BCUT2D eigenvalue weighted by atomic mass is 16.1. The molecular weight excluding hydrogens is 248 g/mol. The van der Waals surface area contributed by atoms with Crippen molar-refractivity contribution in [3.05, 3.63) is 29.8 Å². The second-order valence-corrected chi connectivity index (χ2v) is 5.08. The van der Waals surface area contributed by atoms with Gasteiger partial charge in [-0.3, -0.25) is 4.79 Å². The average Bonchev–Trinajstić information content (AvgIpc) is 2.47. The van der Waals surface area contributed by atoms with Crippen LogP contribution >= 0.6 is 0 Å². The van der Waals surface area contributed by atoms with E-state index < -0.39 is 0 Å². The van der Waals surface area contributed by atoms with Gasteiger partial charge in [0.1, 0.15) is 6.07 Å². The van der Waals surface area contributed by atoms with Crippen molar-refractivity contribution >= 4 is 11.6 Å². The number of rotatable bonds is 9. The Morgan fingerprint density at radius 3 is 2.45 bits per heavy atom. The van der Waals surface area contributed by atoms with E-state index in [9.17, 15) is 4.79 Å². The van der Waals surface area contributed by atoms with Gasteiger partial charge in [-0.15, -0.1) is 0 Å². The Kier molecular flexibility index (Phi) is 8.14.